The number of nitrogens with zero attached hydrogens (tertiary/aromatic N) is 4. The van der Waals surface area contributed by atoms with Crippen LogP contribution in [0.25, 0.3) is 10.9 Å². The molecule has 1 aromatic heterocycles. The van der Waals surface area contributed by atoms with Crippen LogP contribution in [0.2, 0.25) is 0 Å². The fraction of sp³-hybridized carbons (Fsp3) is 0.500. The van der Waals surface area contributed by atoms with Crippen molar-refractivity contribution in [3.05, 3.63) is 40.1 Å². The lowest BCUT2D eigenvalue weighted by Crippen LogP contribution is -2.47. The minimum absolute atomic E-state index is 0.0518. The van der Waals surface area contributed by atoms with Crippen LogP contribution in [0.4, 0.5) is 11.4 Å². The zero-order valence-electron chi connectivity index (χ0n) is 15.0. The van der Waals surface area contributed by atoms with Crippen LogP contribution in [0.5, 0.6) is 0 Å². The molecule has 0 amide bonds. The Morgan fingerprint density at radius 3 is 2.72 bits per heavy atom. The number of anilines is 1. The largest absolute Gasteiger partial charge is 0.381 e. The van der Waals surface area contributed by atoms with Crippen LogP contribution in [0.1, 0.15) is 12.6 Å². The van der Waals surface area contributed by atoms with E-state index in [9.17, 15) is 10.1 Å². The molecule has 1 aromatic carbocycles. The molecule has 1 fully saturated rings. The van der Waals surface area contributed by atoms with Crippen molar-refractivity contribution in [2.24, 2.45) is 0 Å². The van der Waals surface area contributed by atoms with Crippen LogP contribution in [0.15, 0.2) is 24.3 Å². The topological polar surface area (TPSA) is 74.5 Å². The molecule has 7 heteroatoms. The molecular weight excluding hydrogens is 318 g/mol. The molecule has 3 rings (SSSR count). The van der Waals surface area contributed by atoms with Gasteiger partial charge in [0, 0.05) is 61.6 Å². The van der Waals surface area contributed by atoms with E-state index in [-0.39, 0.29) is 16.7 Å². The molecule has 2 heterocycles. The number of benzene rings is 1. The summed E-state index contributed by atoms with van der Waals surface area (Å²) >= 11 is 0. The Hall–Kier alpha value is -2.25. The molecule has 0 aliphatic carbocycles. The first-order chi connectivity index (χ1) is 11.9. The molecule has 0 unspecified atom stereocenters. The van der Waals surface area contributed by atoms with Crippen LogP contribution in [0, 0.1) is 17.0 Å². The zero-order valence-corrected chi connectivity index (χ0v) is 15.0. The number of piperazine rings is 1. The molecule has 1 aliphatic heterocycles. The second-order valence-corrected chi connectivity index (χ2v) is 6.89. The number of para-hydroxylation sites is 1. The van der Waals surface area contributed by atoms with E-state index in [1.165, 1.54) is 6.07 Å². The highest BCUT2D eigenvalue weighted by Crippen LogP contribution is 2.30. The normalized spacial score (nSPS) is 17.6. The minimum atomic E-state index is -0.369. The summed E-state index contributed by atoms with van der Waals surface area (Å²) in [6.45, 7) is 9.30. The lowest BCUT2D eigenvalue weighted by molar-refractivity contribution is -0.383. The number of aryl methyl sites for hydroxylation is 1. The summed E-state index contributed by atoms with van der Waals surface area (Å²) in [4.78, 5) is 20.1. The number of fused-ring (bicyclic) bond motifs is 1. The van der Waals surface area contributed by atoms with E-state index < -0.39 is 0 Å². The number of aromatic nitrogens is 1. The van der Waals surface area contributed by atoms with Gasteiger partial charge >= 0.3 is 0 Å². The minimum Gasteiger partial charge on any atom is -0.381 e. The number of non-ortho nitro benzene ring substituents is 1. The number of rotatable bonds is 5. The molecule has 0 spiro atoms. The fourth-order valence-corrected chi connectivity index (χ4v) is 3.36. The number of pyridine rings is 1. The smallest absolute Gasteiger partial charge is 0.295 e. The average molecular weight is 343 g/mol. The summed E-state index contributed by atoms with van der Waals surface area (Å²) in [6, 6.07) is 7.32. The van der Waals surface area contributed by atoms with Crippen LogP contribution >= 0.6 is 0 Å². The van der Waals surface area contributed by atoms with E-state index in [1.807, 2.05) is 19.1 Å². The first-order valence-corrected chi connectivity index (χ1v) is 8.66. The van der Waals surface area contributed by atoms with Gasteiger partial charge in [-0.25, -0.2) is 4.98 Å². The van der Waals surface area contributed by atoms with E-state index in [0.717, 1.165) is 49.5 Å². The maximum atomic E-state index is 11.3. The molecule has 1 N–H and O–H groups in total. The molecule has 25 heavy (non-hydrogen) atoms. The molecule has 7 nitrogen and oxygen atoms in total. The number of likely N-dealkylation sites (N-methyl/N-ethyl adjacent to an activating group) is 1. The second-order valence-electron chi connectivity index (χ2n) is 6.89. The van der Waals surface area contributed by atoms with Crippen molar-refractivity contribution < 1.29 is 4.92 Å². The van der Waals surface area contributed by atoms with Gasteiger partial charge in [0.05, 0.1) is 4.92 Å². The predicted molar refractivity (Wildman–Crippen MR) is 100 cm³/mol. The average Bonchev–Trinajstić information content (AvgIpc) is 2.56. The third-order valence-corrected chi connectivity index (χ3v) is 4.67. The summed E-state index contributed by atoms with van der Waals surface area (Å²) in [5.41, 5.74) is 2.18. The lowest BCUT2D eigenvalue weighted by Gasteiger charge is -2.34. The summed E-state index contributed by atoms with van der Waals surface area (Å²) in [5.74, 6) is 0. The Morgan fingerprint density at radius 1 is 1.32 bits per heavy atom. The summed E-state index contributed by atoms with van der Waals surface area (Å²) in [6.07, 6.45) is 0. The quantitative estimate of drug-likeness (QED) is 0.664. The maximum Gasteiger partial charge on any atom is 0.295 e. The molecule has 1 saturated heterocycles. The van der Waals surface area contributed by atoms with Gasteiger partial charge < -0.3 is 10.2 Å². The standard InChI is InChI=1S/C18H25N5O2/c1-13-11-16(15-5-4-6-17(23(24)25)18(15)20-13)19-14(2)12-22-9-7-21(3)8-10-22/h4-6,11,14H,7-10,12H2,1-3H3,(H,19,20)/t14-/m0/s1. The van der Waals surface area contributed by atoms with Gasteiger partial charge in [0.25, 0.3) is 5.69 Å². The van der Waals surface area contributed by atoms with Crippen molar-refractivity contribution in [3.63, 3.8) is 0 Å². The highest BCUT2D eigenvalue weighted by atomic mass is 16.6. The molecule has 2 aromatic rings. The SMILES string of the molecule is Cc1cc(N[C@@H](C)CN2CCN(C)CC2)c2cccc([N+](=O)[O-])c2n1. The first kappa shape index (κ1) is 17.6. The van der Waals surface area contributed by atoms with E-state index in [4.69, 9.17) is 0 Å². The molecule has 0 saturated carbocycles. The Balaban J connectivity index is 1.81. The number of hydrogen-bond acceptors (Lipinski definition) is 6. The van der Waals surface area contributed by atoms with Crippen molar-refractivity contribution in [1.29, 1.82) is 0 Å². The van der Waals surface area contributed by atoms with E-state index in [1.54, 1.807) is 6.07 Å². The van der Waals surface area contributed by atoms with Gasteiger partial charge in [-0.1, -0.05) is 12.1 Å². The van der Waals surface area contributed by atoms with Crippen LogP contribution in [0.3, 0.4) is 0 Å². The number of nitrogens with one attached hydrogen (secondary N) is 1. The Labute approximate surface area is 147 Å². The molecule has 1 atom stereocenters. The molecule has 0 radical (unpaired) electrons. The Kier molecular flexibility index (Phi) is 5.15. The molecular formula is C18H25N5O2. The predicted octanol–water partition coefficient (Wildman–Crippen LogP) is 2.50. The molecule has 1 aliphatic rings. The van der Waals surface area contributed by atoms with Crippen LogP contribution < -0.4 is 5.32 Å². The second kappa shape index (κ2) is 7.33. The van der Waals surface area contributed by atoms with Crippen molar-refractivity contribution in [2.75, 3.05) is 45.1 Å². The highest BCUT2D eigenvalue weighted by molar-refractivity contribution is 5.96. The monoisotopic (exact) mass is 343 g/mol. The summed E-state index contributed by atoms with van der Waals surface area (Å²) < 4.78 is 0. The molecule has 134 valence electrons. The van der Waals surface area contributed by atoms with Gasteiger partial charge in [0.15, 0.2) is 5.52 Å². The third-order valence-electron chi connectivity index (χ3n) is 4.67. The maximum absolute atomic E-state index is 11.3. The summed E-state index contributed by atoms with van der Waals surface area (Å²) in [5, 5.41) is 15.6. The number of nitro benzene ring substituents is 1. The van der Waals surface area contributed by atoms with E-state index in [2.05, 4.69) is 34.1 Å². The van der Waals surface area contributed by atoms with Gasteiger partial charge in [0.1, 0.15) is 0 Å². The van der Waals surface area contributed by atoms with E-state index >= 15 is 0 Å². The van der Waals surface area contributed by atoms with Crippen molar-refractivity contribution in [2.45, 2.75) is 19.9 Å². The summed E-state index contributed by atoms with van der Waals surface area (Å²) in [7, 11) is 2.15. The van der Waals surface area contributed by atoms with Gasteiger partial charge in [-0.05, 0) is 27.0 Å². The van der Waals surface area contributed by atoms with Crippen molar-refractivity contribution in [3.8, 4) is 0 Å². The Bertz CT molecular complexity index is 771. The first-order valence-electron chi connectivity index (χ1n) is 8.66. The highest BCUT2D eigenvalue weighted by Gasteiger charge is 2.19. The van der Waals surface area contributed by atoms with Crippen LogP contribution in [-0.4, -0.2) is 65.5 Å². The Morgan fingerprint density at radius 2 is 2.04 bits per heavy atom. The number of hydrogen-bond donors (Lipinski definition) is 1. The zero-order chi connectivity index (χ0) is 18.0. The van der Waals surface area contributed by atoms with Crippen molar-refractivity contribution in [1.82, 2.24) is 14.8 Å². The third kappa shape index (κ3) is 4.05. The fourth-order valence-electron chi connectivity index (χ4n) is 3.36. The van der Waals surface area contributed by atoms with Gasteiger partial charge in [0.2, 0.25) is 0 Å². The molecule has 0 bridgehead atoms. The number of nitro groups is 1. The van der Waals surface area contributed by atoms with Crippen LogP contribution in [-0.2, 0) is 0 Å². The van der Waals surface area contributed by atoms with Gasteiger partial charge in [-0.3, -0.25) is 15.0 Å². The van der Waals surface area contributed by atoms with Gasteiger partial charge in [-0.2, -0.15) is 0 Å². The van der Waals surface area contributed by atoms with Crippen molar-refractivity contribution >= 4 is 22.3 Å². The van der Waals surface area contributed by atoms with Gasteiger partial charge in [-0.15, -0.1) is 0 Å². The lowest BCUT2D eigenvalue weighted by atomic mass is 10.1. The van der Waals surface area contributed by atoms with E-state index in [0.29, 0.717) is 5.52 Å².